The third-order valence-electron chi connectivity index (χ3n) is 3.43. The predicted octanol–water partition coefficient (Wildman–Crippen LogP) is 6.10. The van der Waals surface area contributed by atoms with Gasteiger partial charge in [0.1, 0.15) is 13.2 Å². The summed E-state index contributed by atoms with van der Waals surface area (Å²) in [6.45, 7) is 11.3. The van der Waals surface area contributed by atoms with Crippen molar-refractivity contribution in [2.24, 2.45) is 21.8 Å². The van der Waals surface area contributed by atoms with Gasteiger partial charge in [0.25, 0.3) is 12.0 Å². The van der Waals surface area contributed by atoms with Gasteiger partial charge in [-0.05, 0) is 11.8 Å². The number of hydrogen-bond donors (Lipinski definition) is 0. The topological polar surface area (TPSA) is 70.2 Å². The van der Waals surface area contributed by atoms with Crippen LogP contribution in [0.4, 0.5) is 25.2 Å². The molecule has 0 amide bonds. The first-order valence-corrected chi connectivity index (χ1v) is 10.4. The van der Waals surface area contributed by atoms with Gasteiger partial charge in [-0.15, -0.1) is 0 Å². The summed E-state index contributed by atoms with van der Waals surface area (Å²) in [6.07, 6.45) is 0. The van der Waals surface area contributed by atoms with E-state index in [2.05, 4.69) is 37.7 Å². The summed E-state index contributed by atoms with van der Waals surface area (Å²) in [7, 11) is -8.77. The Morgan fingerprint density at radius 3 is 1.33 bits per heavy atom. The van der Waals surface area contributed by atoms with Gasteiger partial charge in [0, 0.05) is 14.0 Å². The predicted molar refractivity (Wildman–Crippen MR) is 103 cm³/mol. The number of nitrogens with zero attached hydrogens (tertiary/aromatic N) is 4. The van der Waals surface area contributed by atoms with Gasteiger partial charge in [0.05, 0.1) is 18.2 Å². The van der Waals surface area contributed by atoms with Crippen LogP contribution in [-0.2, 0) is 29.9 Å². The van der Waals surface area contributed by atoms with Crippen molar-refractivity contribution in [3.63, 3.8) is 0 Å². The molecule has 2 heterocycles. The maximum Gasteiger partial charge on any atom is 2.00 e. The second-order valence-corrected chi connectivity index (χ2v) is 8.73. The average molecular weight is 561 g/mol. The van der Waals surface area contributed by atoms with Crippen molar-refractivity contribution in [3.05, 3.63) is 7.43 Å². The summed E-state index contributed by atoms with van der Waals surface area (Å²) in [5, 5.41) is 7.32. The first-order chi connectivity index (χ1) is 12.3. The Bertz CT molecular complexity index is 590. The Labute approximate surface area is 187 Å². The molecule has 6 nitrogen and oxygen atoms in total. The quantitative estimate of drug-likeness (QED) is 0.177. The maximum absolute atomic E-state index is 10.7. The molecular formula is C16H29F6N4O2PPd. The van der Waals surface area contributed by atoms with E-state index >= 15 is 0 Å². The first-order valence-electron chi connectivity index (χ1n) is 8.37. The van der Waals surface area contributed by atoms with E-state index in [4.69, 9.17) is 14.7 Å². The smallest absolute Gasteiger partial charge is 0.358 e. The molecule has 30 heavy (non-hydrogen) atoms. The van der Waals surface area contributed by atoms with Crippen molar-refractivity contribution in [2.75, 3.05) is 20.3 Å². The van der Waals surface area contributed by atoms with Crippen LogP contribution in [0.15, 0.2) is 9.98 Å². The third kappa shape index (κ3) is 16.7. The van der Waals surface area contributed by atoms with Crippen molar-refractivity contribution in [1.29, 1.82) is 5.26 Å². The van der Waals surface area contributed by atoms with Gasteiger partial charge in [-0.2, -0.15) is 5.26 Å². The monoisotopic (exact) mass is 560 g/mol. The van der Waals surface area contributed by atoms with E-state index in [9.17, 15) is 25.2 Å². The van der Waals surface area contributed by atoms with Crippen LogP contribution in [0, 0.1) is 30.6 Å². The number of aliphatic imine (C=N–C) groups is 2. The van der Waals surface area contributed by atoms with Crippen LogP contribution in [0.2, 0.25) is 0 Å². The fourth-order valence-electron chi connectivity index (χ4n) is 1.88. The normalized spacial score (nSPS) is 21.9. The molecule has 0 fully saturated rings. The minimum absolute atomic E-state index is 0. The molecule has 0 aliphatic carbocycles. The zero-order chi connectivity index (χ0) is 22.4. The van der Waals surface area contributed by atoms with Crippen molar-refractivity contribution < 1.29 is 55.1 Å². The second-order valence-electron chi connectivity index (χ2n) is 6.81. The molecule has 14 heteroatoms. The average Bonchev–Trinajstić information content (AvgIpc) is 3.14. The molecule has 0 aromatic rings. The Kier molecular flexibility index (Phi) is 12.9. The summed E-state index contributed by atoms with van der Waals surface area (Å²) in [4.78, 5) is 10.9. The number of hydrogen-bond acceptors (Lipinski definition) is 6. The molecular weight excluding hydrogens is 532 g/mol. The molecule has 0 unspecified atom stereocenters. The van der Waals surface area contributed by atoms with Crippen LogP contribution >= 0.6 is 7.81 Å². The van der Waals surface area contributed by atoms with Gasteiger partial charge in [0.15, 0.2) is 0 Å². The van der Waals surface area contributed by atoms with Gasteiger partial charge < -0.3 is 16.9 Å². The molecule has 2 rings (SSSR count). The molecule has 0 spiro atoms. The largest absolute Gasteiger partial charge is 2.00 e. The Morgan fingerprint density at radius 1 is 0.933 bits per heavy atom. The summed E-state index contributed by atoms with van der Waals surface area (Å²) in [5.41, 5.74) is 0. The van der Waals surface area contributed by atoms with Gasteiger partial charge >= 0.3 is 53.4 Å². The molecule has 2 atom stereocenters. The molecule has 2 aliphatic heterocycles. The molecule has 0 aromatic carbocycles. The van der Waals surface area contributed by atoms with E-state index < -0.39 is 7.81 Å². The van der Waals surface area contributed by atoms with E-state index in [1.807, 2.05) is 11.9 Å². The van der Waals surface area contributed by atoms with Crippen LogP contribution in [0.3, 0.4) is 0 Å². The summed E-state index contributed by atoms with van der Waals surface area (Å²) >= 11 is 0. The standard InChI is InChI=1S/C13H23N3O2.C2H3N.CH3.F6P.Pd/c1-8(2)10-6-17-12(14-10)16(5)13-15-11(7-18-13)9(3)4;1-2-3;;1-7(2,3,4,5)6;/h8-11H,6-7H2,1-5H3;1H3;1H3;;/q;;2*-1;+2/t10-,11-;;;;/m1..../s1. The molecule has 0 saturated carbocycles. The zero-order valence-electron chi connectivity index (χ0n) is 17.9. The van der Waals surface area contributed by atoms with Crippen molar-refractivity contribution in [1.82, 2.24) is 4.90 Å². The number of nitriles is 1. The fourth-order valence-corrected chi connectivity index (χ4v) is 1.88. The number of ether oxygens (including phenoxy) is 2. The Hall–Kier alpha value is -1.10. The molecule has 0 aromatic heterocycles. The maximum atomic E-state index is 9.87. The third-order valence-corrected chi connectivity index (χ3v) is 3.43. The fraction of sp³-hybridized carbons (Fsp3) is 0.750. The zero-order valence-corrected chi connectivity index (χ0v) is 20.3. The second kappa shape index (κ2) is 11.5. The number of rotatable bonds is 2. The van der Waals surface area contributed by atoms with Crippen LogP contribution in [0.1, 0.15) is 34.6 Å². The van der Waals surface area contributed by atoms with Crippen molar-refractivity contribution >= 4 is 19.9 Å². The SMILES string of the molecule is CC#N.CC(C)[C@H]1COC(N(C)C2=N[C@@H](C(C)C)CO2)=N1.F[P-](F)(F)(F)(F)F.[CH3-].[Pd+2]. The van der Waals surface area contributed by atoms with Crippen LogP contribution in [0.5, 0.6) is 0 Å². The van der Waals surface area contributed by atoms with E-state index in [1.165, 1.54) is 6.92 Å². The van der Waals surface area contributed by atoms with E-state index in [0.717, 1.165) is 0 Å². The van der Waals surface area contributed by atoms with Crippen molar-refractivity contribution in [3.8, 4) is 6.07 Å². The van der Waals surface area contributed by atoms with Crippen LogP contribution in [-0.4, -0.2) is 49.3 Å². The summed E-state index contributed by atoms with van der Waals surface area (Å²) in [5.74, 6) is 0.983. The molecule has 2 aliphatic rings. The van der Waals surface area contributed by atoms with Gasteiger partial charge in [0.2, 0.25) is 0 Å². The molecule has 0 radical (unpaired) electrons. The molecule has 0 bridgehead atoms. The molecule has 0 N–H and O–H groups in total. The van der Waals surface area contributed by atoms with E-state index in [0.29, 0.717) is 37.1 Å². The van der Waals surface area contributed by atoms with Crippen LogP contribution < -0.4 is 0 Å². The Morgan fingerprint density at radius 2 is 1.17 bits per heavy atom. The van der Waals surface area contributed by atoms with Gasteiger partial charge in [-0.3, -0.25) is 4.90 Å². The van der Waals surface area contributed by atoms with E-state index in [-0.39, 0.29) is 39.9 Å². The molecule has 0 saturated heterocycles. The van der Waals surface area contributed by atoms with E-state index in [1.54, 1.807) is 6.07 Å². The van der Waals surface area contributed by atoms with Gasteiger partial charge in [-0.1, -0.05) is 27.7 Å². The minimum atomic E-state index is -10.7. The first kappa shape index (κ1) is 33.5. The molecule has 182 valence electrons. The van der Waals surface area contributed by atoms with Gasteiger partial charge in [-0.25, -0.2) is 9.98 Å². The summed E-state index contributed by atoms with van der Waals surface area (Å²) < 4.78 is 70.4. The minimum Gasteiger partial charge on any atom is -0.358 e. The van der Waals surface area contributed by atoms with Crippen LogP contribution in [0.25, 0.3) is 0 Å². The Balaban J connectivity index is -0.000000518. The number of halogens is 6. The number of amidine groups is 2. The summed E-state index contributed by atoms with van der Waals surface area (Å²) in [6, 6.07) is 3.48. The van der Waals surface area contributed by atoms with Crippen molar-refractivity contribution in [2.45, 2.75) is 46.7 Å².